The van der Waals surface area contributed by atoms with E-state index in [2.05, 4.69) is 26.3 Å². The van der Waals surface area contributed by atoms with Crippen LogP contribution >= 0.6 is 28.3 Å². The number of nitrogens with zero attached hydrogens (tertiary/aromatic N) is 2. The Labute approximate surface area is 167 Å². The van der Waals surface area contributed by atoms with Crippen LogP contribution in [0.3, 0.4) is 0 Å². The summed E-state index contributed by atoms with van der Waals surface area (Å²) in [5.74, 6) is 0.603. The Hall–Kier alpha value is -2.31. The first-order chi connectivity index (χ1) is 11.9. The number of hydrogen-bond donors (Lipinski definition) is 2. The van der Waals surface area contributed by atoms with Gasteiger partial charge in [-0.2, -0.15) is 5.10 Å². The molecule has 0 saturated carbocycles. The van der Waals surface area contributed by atoms with Crippen molar-refractivity contribution in [1.29, 1.82) is 0 Å². The number of halogens is 2. The van der Waals surface area contributed by atoms with Crippen molar-refractivity contribution in [3.63, 3.8) is 0 Å². The minimum atomic E-state index is -0.0915. The summed E-state index contributed by atoms with van der Waals surface area (Å²) in [6.45, 7) is 1.94. The quantitative estimate of drug-likeness (QED) is 0.599. The van der Waals surface area contributed by atoms with Crippen molar-refractivity contribution in [2.45, 2.75) is 13.3 Å². The van der Waals surface area contributed by atoms with Crippen LogP contribution in [0.25, 0.3) is 11.1 Å². The topological polar surface area (TPSA) is 72.9 Å². The summed E-state index contributed by atoms with van der Waals surface area (Å²) in [6, 6.07) is 15.3. The van der Waals surface area contributed by atoms with Crippen LogP contribution in [0.4, 0.5) is 11.5 Å². The maximum absolute atomic E-state index is 12.5. The molecular weight excluding hydrogens is 416 g/mol. The Morgan fingerprint density at radius 2 is 1.77 bits per heavy atom. The smallest absolute Gasteiger partial charge is 0.229 e. The molecule has 26 heavy (non-hydrogen) atoms. The number of benzene rings is 2. The molecule has 1 heterocycles. The van der Waals surface area contributed by atoms with E-state index >= 15 is 0 Å². The highest BCUT2D eigenvalue weighted by molar-refractivity contribution is 9.10. The summed E-state index contributed by atoms with van der Waals surface area (Å²) in [4.78, 5) is 12.5. The number of aromatic nitrogens is 2. The molecular formula is C19H20BrClN4O. The summed E-state index contributed by atoms with van der Waals surface area (Å²) in [7, 11) is 1.83. The molecule has 1 aromatic heterocycles. The van der Waals surface area contributed by atoms with Gasteiger partial charge in [-0.3, -0.25) is 9.48 Å². The van der Waals surface area contributed by atoms with Crippen LogP contribution in [0.1, 0.15) is 11.3 Å². The number of aryl methyl sites for hydroxylation is 2. The van der Waals surface area contributed by atoms with Crippen molar-refractivity contribution >= 4 is 45.7 Å². The normalized spacial score (nSPS) is 10.3. The van der Waals surface area contributed by atoms with Crippen LogP contribution in [0.15, 0.2) is 53.0 Å². The van der Waals surface area contributed by atoms with E-state index in [0.717, 1.165) is 26.9 Å². The third-order valence-electron chi connectivity index (χ3n) is 3.96. The number of anilines is 2. The van der Waals surface area contributed by atoms with Crippen molar-refractivity contribution < 1.29 is 4.79 Å². The van der Waals surface area contributed by atoms with Gasteiger partial charge in [-0.05, 0) is 42.3 Å². The van der Waals surface area contributed by atoms with Gasteiger partial charge in [0.1, 0.15) is 5.82 Å². The number of hydrogen-bond acceptors (Lipinski definition) is 3. The van der Waals surface area contributed by atoms with Gasteiger partial charge in [-0.25, -0.2) is 0 Å². The van der Waals surface area contributed by atoms with Gasteiger partial charge in [0.2, 0.25) is 5.91 Å². The Bertz CT molecular complexity index is 905. The molecule has 136 valence electrons. The summed E-state index contributed by atoms with van der Waals surface area (Å²) < 4.78 is 2.71. The summed E-state index contributed by atoms with van der Waals surface area (Å²) >= 11 is 3.44. The van der Waals surface area contributed by atoms with Crippen LogP contribution in [0.2, 0.25) is 0 Å². The standard InChI is InChI=1S/C19H19BrN4O.ClH/c1-12-18(14-5-7-15(20)8-6-14)19(24(2)23-12)22-17(25)11-13-3-9-16(21)10-4-13;/h3-10H,11,21H2,1-2H3,(H,22,25);1H. The third kappa shape index (κ3) is 4.45. The number of carbonyl (C=O) groups excluding carboxylic acids is 1. The van der Waals surface area contributed by atoms with E-state index in [4.69, 9.17) is 5.73 Å². The summed E-state index contributed by atoms with van der Waals surface area (Å²) in [5, 5.41) is 7.45. The SMILES string of the molecule is Cc1nn(C)c(NC(=O)Cc2ccc(N)cc2)c1-c1ccc(Br)cc1.Cl. The first kappa shape index (κ1) is 20.0. The Kier molecular flexibility index (Phi) is 6.45. The molecule has 0 radical (unpaired) electrons. The van der Waals surface area contributed by atoms with E-state index in [0.29, 0.717) is 11.5 Å². The van der Waals surface area contributed by atoms with Crippen LogP contribution in [-0.2, 0) is 18.3 Å². The first-order valence-electron chi connectivity index (χ1n) is 7.88. The number of amides is 1. The second-order valence-electron chi connectivity index (χ2n) is 5.91. The molecule has 0 fully saturated rings. The molecule has 3 N–H and O–H groups in total. The molecule has 0 aliphatic heterocycles. The largest absolute Gasteiger partial charge is 0.399 e. The molecule has 0 atom stereocenters. The Balaban J connectivity index is 0.00000243. The van der Waals surface area contributed by atoms with Gasteiger partial charge in [-0.1, -0.05) is 40.2 Å². The first-order valence-corrected chi connectivity index (χ1v) is 8.67. The number of nitrogens with two attached hydrogens (primary N) is 1. The Morgan fingerprint density at radius 3 is 2.38 bits per heavy atom. The number of carbonyl (C=O) groups is 1. The highest BCUT2D eigenvalue weighted by atomic mass is 79.9. The average Bonchev–Trinajstić information content (AvgIpc) is 2.84. The van der Waals surface area contributed by atoms with E-state index in [1.165, 1.54) is 0 Å². The minimum Gasteiger partial charge on any atom is -0.399 e. The van der Waals surface area contributed by atoms with E-state index < -0.39 is 0 Å². The van der Waals surface area contributed by atoms with Crippen molar-refractivity contribution in [2.24, 2.45) is 7.05 Å². The number of nitrogens with one attached hydrogen (secondary N) is 1. The van der Waals surface area contributed by atoms with Crippen LogP contribution in [0.5, 0.6) is 0 Å². The lowest BCUT2D eigenvalue weighted by molar-refractivity contribution is -0.115. The molecule has 1 amide bonds. The van der Waals surface area contributed by atoms with Gasteiger partial charge in [-0.15, -0.1) is 12.4 Å². The average molecular weight is 436 g/mol. The van der Waals surface area contributed by atoms with Crippen molar-refractivity contribution in [3.8, 4) is 11.1 Å². The fourth-order valence-electron chi connectivity index (χ4n) is 2.76. The number of rotatable bonds is 4. The van der Waals surface area contributed by atoms with E-state index in [1.54, 1.807) is 16.8 Å². The lowest BCUT2D eigenvalue weighted by Gasteiger charge is -2.10. The lowest BCUT2D eigenvalue weighted by atomic mass is 10.1. The van der Waals surface area contributed by atoms with Crippen molar-refractivity contribution in [1.82, 2.24) is 9.78 Å². The van der Waals surface area contributed by atoms with Gasteiger partial charge in [0.05, 0.1) is 12.1 Å². The molecule has 0 spiro atoms. The van der Waals surface area contributed by atoms with E-state index in [-0.39, 0.29) is 24.7 Å². The molecule has 7 heteroatoms. The molecule has 3 rings (SSSR count). The number of nitrogen functional groups attached to an aromatic ring is 1. The van der Waals surface area contributed by atoms with Gasteiger partial charge < -0.3 is 11.1 Å². The van der Waals surface area contributed by atoms with Gasteiger partial charge in [0.25, 0.3) is 0 Å². The molecule has 0 aliphatic carbocycles. The molecule has 0 bridgehead atoms. The molecule has 0 aliphatic rings. The zero-order valence-electron chi connectivity index (χ0n) is 14.5. The molecule has 0 unspecified atom stereocenters. The zero-order valence-corrected chi connectivity index (χ0v) is 16.9. The minimum absolute atomic E-state index is 0. The molecule has 0 saturated heterocycles. The predicted molar refractivity (Wildman–Crippen MR) is 112 cm³/mol. The zero-order chi connectivity index (χ0) is 18.0. The summed E-state index contributed by atoms with van der Waals surface area (Å²) in [5.41, 5.74) is 10.1. The fraction of sp³-hybridized carbons (Fsp3) is 0.158. The molecule has 2 aromatic carbocycles. The lowest BCUT2D eigenvalue weighted by Crippen LogP contribution is -2.17. The van der Waals surface area contributed by atoms with Crippen molar-refractivity contribution in [3.05, 3.63) is 64.3 Å². The second-order valence-corrected chi connectivity index (χ2v) is 6.82. The van der Waals surface area contributed by atoms with E-state index in [1.807, 2.05) is 50.4 Å². The highest BCUT2D eigenvalue weighted by Crippen LogP contribution is 2.31. The third-order valence-corrected chi connectivity index (χ3v) is 4.49. The molecule has 5 nitrogen and oxygen atoms in total. The highest BCUT2D eigenvalue weighted by Gasteiger charge is 2.17. The summed E-state index contributed by atoms with van der Waals surface area (Å²) in [6.07, 6.45) is 0.282. The Morgan fingerprint density at radius 1 is 1.15 bits per heavy atom. The second kappa shape index (κ2) is 8.38. The fourth-order valence-corrected chi connectivity index (χ4v) is 3.03. The van der Waals surface area contributed by atoms with E-state index in [9.17, 15) is 4.79 Å². The maximum atomic E-state index is 12.5. The predicted octanol–water partition coefficient (Wildman–Crippen LogP) is 4.34. The molecule has 3 aromatic rings. The van der Waals surface area contributed by atoms with Crippen LogP contribution in [-0.4, -0.2) is 15.7 Å². The van der Waals surface area contributed by atoms with Gasteiger partial charge in [0.15, 0.2) is 0 Å². The van der Waals surface area contributed by atoms with Crippen LogP contribution < -0.4 is 11.1 Å². The maximum Gasteiger partial charge on any atom is 0.229 e. The van der Waals surface area contributed by atoms with Gasteiger partial charge >= 0.3 is 0 Å². The van der Waals surface area contributed by atoms with Crippen LogP contribution in [0, 0.1) is 6.92 Å². The van der Waals surface area contributed by atoms with Gasteiger partial charge in [0, 0.05) is 22.8 Å². The van der Waals surface area contributed by atoms with Crippen molar-refractivity contribution in [2.75, 3.05) is 11.1 Å². The monoisotopic (exact) mass is 434 g/mol.